The number of para-hydroxylation sites is 4. The predicted molar refractivity (Wildman–Crippen MR) is 270 cm³/mol. The third-order valence-electron chi connectivity index (χ3n) is 12.8. The average Bonchev–Trinajstić information content (AvgIpc) is 3.87. The van der Waals surface area contributed by atoms with Crippen molar-refractivity contribution in [3.8, 4) is 67.8 Å². The van der Waals surface area contributed by atoms with Gasteiger partial charge in [-0.05, 0) is 97.1 Å². The molecule has 0 saturated carbocycles. The highest BCUT2D eigenvalue weighted by atomic mass is 15.1. The maximum absolute atomic E-state index is 5.37. The van der Waals surface area contributed by atoms with E-state index in [0.29, 0.717) is 17.5 Å². The molecule has 12 aromatic rings. The van der Waals surface area contributed by atoms with E-state index in [1.54, 1.807) is 0 Å². The van der Waals surface area contributed by atoms with Crippen molar-refractivity contribution >= 4 is 43.6 Å². The van der Waals surface area contributed by atoms with Gasteiger partial charge in [0.05, 0.1) is 27.8 Å². The van der Waals surface area contributed by atoms with Crippen molar-refractivity contribution in [1.82, 2.24) is 24.1 Å². The lowest BCUT2D eigenvalue weighted by molar-refractivity contribution is 1.06. The number of benzene rings is 9. The topological polar surface area (TPSA) is 48.5 Å². The van der Waals surface area contributed by atoms with Gasteiger partial charge in [-0.3, -0.25) is 0 Å². The summed E-state index contributed by atoms with van der Waals surface area (Å²) >= 11 is 0. The van der Waals surface area contributed by atoms with E-state index in [9.17, 15) is 0 Å². The number of aromatic nitrogens is 5. The summed E-state index contributed by atoms with van der Waals surface area (Å²) in [6.07, 6.45) is 0. The van der Waals surface area contributed by atoms with Crippen LogP contribution in [0.5, 0.6) is 0 Å². The van der Waals surface area contributed by atoms with Crippen LogP contribution in [-0.2, 0) is 0 Å². The molecule has 0 radical (unpaired) electrons. The van der Waals surface area contributed by atoms with Crippen molar-refractivity contribution in [1.29, 1.82) is 0 Å². The van der Waals surface area contributed by atoms with Gasteiger partial charge in [-0.2, -0.15) is 0 Å². The highest BCUT2D eigenvalue weighted by molar-refractivity contribution is 6.14. The Hall–Kier alpha value is -8.41. The van der Waals surface area contributed by atoms with E-state index >= 15 is 0 Å². The van der Waals surface area contributed by atoms with Gasteiger partial charge in [0.15, 0.2) is 17.5 Å². The third-order valence-corrected chi connectivity index (χ3v) is 12.8. The quantitative estimate of drug-likeness (QED) is 0.161. The lowest BCUT2D eigenvalue weighted by atomic mass is 9.93. The first-order valence-corrected chi connectivity index (χ1v) is 22.2. The summed E-state index contributed by atoms with van der Waals surface area (Å²) in [6.45, 7) is 6.61. The van der Waals surface area contributed by atoms with Gasteiger partial charge in [-0.15, -0.1) is 0 Å². The summed E-state index contributed by atoms with van der Waals surface area (Å²) in [6, 6.07) is 73.6. The molecule has 0 unspecified atom stereocenters. The lowest BCUT2D eigenvalue weighted by Crippen LogP contribution is -2.04. The van der Waals surface area contributed by atoms with Gasteiger partial charge in [0.2, 0.25) is 0 Å². The maximum atomic E-state index is 5.37. The molecule has 3 heterocycles. The third kappa shape index (κ3) is 6.43. The second kappa shape index (κ2) is 15.4. The summed E-state index contributed by atoms with van der Waals surface area (Å²) in [5.74, 6) is 1.83. The van der Waals surface area contributed by atoms with Crippen LogP contribution < -0.4 is 0 Å². The van der Waals surface area contributed by atoms with Crippen LogP contribution in [0.3, 0.4) is 0 Å². The number of aryl methyl sites for hydroxylation is 3. The molecular formula is C60H43N5. The molecule has 12 rings (SSSR count). The molecule has 3 aromatic heterocycles. The van der Waals surface area contributed by atoms with Gasteiger partial charge in [0, 0.05) is 49.5 Å². The molecule has 0 aliphatic heterocycles. The Balaban J connectivity index is 1.17. The molecular weight excluding hydrogens is 791 g/mol. The van der Waals surface area contributed by atoms with Crippen molar-refractivity contribution in [2.24, 2.45) is 0 Å². The van der Waals surface area contributed by atoms with Crippen LogP contribution in [0, 0.1) is 20.8 Å². The van der Waals surface area contributed by atoms with Crippen LogP contribution in [0.4, 0.5) is 0 Å². The van der Waals surface area contributed by atoms with E-state index in [2.05, 4.69) is 200 Å². The van der Waals surface area contributed by atoms with E-state index in [0.717, 1.165) is 61.3 Å². The molecule has 0 amide bonds. The first-order chi connectivity index (χ1) is 32.0. The van der Waals surface area contributed by atoms with Crippen LogP contribution in [0.1, 0.15) is 16.7 Å². The van der Waals surface area contributed by atoms with Crippen molar-refractivity contribution in [2.45, 2.75) is 20.8 Å². The normalized spacial score (nSPS) is 11.6. The smallest absolute Gasteiger partial charge is 0.166 e. The van der Waals surface area contributed by atoms with Crippen LogP contribution in [-0.4, -0.2) is 24.1 Å². The van der Waals surface area contributed by atoms with Crippen LogP contribution in [0.25, 0.3) is 111 Å². The van der Waals surface area contributed by atoms with Gasteiger partial charge < -0.3 is 9.13 Å². The molecule has 0 aliphatic carbocycles. The van der Waals surface area contributed by atoms with E-state index in [4.69, 9.17) is 15.0 Å². The molecule has 5 heteroatoms. The van der Waals surface area contributed by atoms with Crippen molar-refractivity contribution in [3.05, 3.63) is 223 Å². The summed E-state index contributed by atoms with van der Waals surface area (Å²) in [7, 11) is 0. The minimum atomic E-state index is 0.596. The first kappa shape index (κ1) is 38.3. The first-order valence-electron chi connectivity index (χ1n) is 22.2. The fraction of sp³-hybridized carbons (Fsp3) is 0.0500. The Labute approximate surface area is 377 Å². The Morgan fingerprint density at radius 3 is 1.52 bits per heavy atom. The van der Waals surface area contributed by atoms with E-state index in [1.807, 2.05) is 36.4 Å². The minimum absolute atomic E-state index is 0.596. The number of rotatable bonds is 7. The number of fused-ring (bicyclic) bond motifs is 6. The minimum Gasteiger partial charge on any atom is -0.309 e. The molecule has 0 saturated heterocycles. The van der Waals surface area contributed by atoms with E-state index in [1.165, 1.54) is 49.4 Å². The SMILES string of the molecule is Cc1cc(C)c(-c2ccc3c(c2)c2ccccc2n3-c2ccc(-c3cccc4c5ccccc5n(-c5ccccc5)c34)cc2-c2nc(-c3ccccc3)nc(-c3ccccc3)n2)c(C)c1. The van der Waals surface area contributed by atoms with E-state index in [-0.39, 0.29) is 0 Å². The standard InChI is InChI=1S/C60H43N5/c1-38-34-39(2)56(40(3)35-38)44-31-33-54-50(37-44)48-25-14-16-29-53(48)65(54)55-32-30-43(46-26-17-27-49-47-24-13-15-28-52(47)64(57(46)49)45-22-11-6-12-23-45)36-51(55)60-62-58(41-18-7-4-8-19-41)61-59(63-60)42-20-9-5-10-21-42/h4-37H,1-3H3. The van der Waals surface area contributed by atoms with Crippen molar-refractivity contribution in [2.75, 3.05) is 0 Å². The summed E-state index contributed by atoms with van der Waals surface area (Å²) in [4.78, 5) is 15.8. The van der Waals surface area contributed by atoms with Crippen molar-refractivity contribution < 1.29 is 0 Å². The zero-order chi connectivity index (χ0) is 43.6. The second-order valence-electron chi connectivity index (χ2n) is 17.0. The van der Waals surface area contributed by atoms with Gasteiger partial charge in [-0.1, -0.05) is 163 Å². The van der Waals surface area contributed by atoms with Gasteiger partial charge in [0.1, 0.15) is 0 Å². The molecule has 5 nitrogen and oxygen atoms in total. The summed E-state index contributed by atoms with van der Waals surface area (Å²) in [5.41, 5.74) is 17.9. The second-order valence-corrected chi connectivity index (χ2v) is 17.0. The zero-order valence-corrected chi connectivity index (χ0v) is 36.4. The maximum Gasteiger partial charge on any atom is 0.166 e. The highest BCUT2D eigenvalue weighted by Gasteiger charge is 2.23. The summed E-state index contributed by atoms with van der Waals surface area (Å²) in [5, 5.41) is 4.78. The average molecular weight is 834 g/mol. The molecule has 9 aromatic carbocycles. The van der Waals surface area contributed by atoms with Crippen LogP contribution >= 0.6 is 0 Å². The number of hydrogen-bond donors (Lipinski definition) is 0. The van der Waals surface area contributed by atoms with Gasteiger partial charge >= 0.3 is 0 Å². The lowest BCUT2D eigenvalue weighted by Gasteiger charge is -2.17. The Kier molecular flexibility index (Phi) is 9.09. The van der Waals surface area contributed by atoms with Gasteiger partial charge in [0.25, 0.3) is 0 Å². The van der Waals surface area contributed by atoms with Crippen LogP contribution in [0.15, 0.2) is 206 Å². The molecule has 0 aliphatic rings. The highest BCUT2D eigenvalue weighted by Crippen LogP contribution is 2.43. The fourth-order valence-electron chi connectivity index (χ4n) is 10.1. The summed E-state index contributed by atoms with van der Waals surface area (Å²) < 4.78 is 4.80. The largest absolute Gasteiger partial charge is 0.309 e. The Morgan fingerprint density at radius 1 is 0.338 bits per heavy atom. The Morgan fingerprint density at radius 2 is 0.862 bits per heavy atom. The molecule has 0 bridgehead atoms. The number of nitrogens with zero attached hydrogens (tertiary/aromatic N) is 5. The molecule has 0 atom stereocenters. The number of hydrogen-bond acceptors (Lipinski definition) is 3. The van der Waals surface area contributed by atoms with Crippen molar-refractivity contribution in [3.63, 3.8) is 0 Å². The molecule has 65 heavy (non-hydrogen) atoms. The predicted octanol–water partition coefficient (Wildman–Crippen LogP) is 15.3. The van der Waals surface area contributed by atoms with E-state index < -0.39 is 0 Å². The monoisotopic (exact) mass is 833 g/mol. The molecule has 308 valence electrons. The molecule has 0 N–H and O–H groups in total. The Bertz CT molecular complexity index is 3710. The van der Waals surface area contributed by atoms with Crippen LogP contribution in [0.2, 0.25) is 0 Å². The van der Waals surface area contributed by atoms with Gasteiger partial charge in [-0.25, -0.2) is 15.0 Å². The fourth-order valence-corrected chi connectivity index (χ4v) is 10.1. The molecule has 0 fully saturated rings. The zero-order valence-electron chi connectivity index (χ0n) is 36.4. The molecule has 0 spiro atoms.